The van der Waals surface area contributed by atoms with Gasteiger partial charge in [0, 0.05) is 11.3 Å². The van der Waals surface area contributed by atoms with Crippen molar-refractivity contribution in [3.8, 4) is 23.6 Å². The molecule has 33 heavy (non-hydrogen) atoms. The van der Waals surface area contributed by atoms with Crippen LogP contribution in [0.25, 0.3) is 6.08 Å². The molecule has 0 aliphatic heterocycles. The van der Waals surface area contributed by atoms with Crippen LogP contribution < -0.4 is 14.8 Å². The van der Waals surface area contributed by atoms with Gasteiger partial charge in [-0.3, -0.25) is 4.79 Å². The highest BCUT2D eigenvalue weighted by Gasteiger charge is 2.13. The van der Waals surface area contributed by atoms with Gasteiger partial charge in [-0.05, 0) is 60.9 Å². The number of hydrogen-bond donors (Lipinski definition) is 1. The summed E-state index contributed by atoms with van der Waals surface area (Å²) in [6.07, 6.45) is 1.50. The molecule has 3 aromatic carbocycles. The molecule has 0 bridgehead atoms. The second-order valence-electron chi connectivity index (χ2n) is 7.41. The quantitative estimate of drug-likeness (QED) is 0.399. The Labute approximate surface area is 193 Å². The third-order valence-corrected chi connectivity index (χ3v) is 5.03. The molecule has 0 spiro atoms. The van der Waals surface area contributed by atoms with E-state index in [1.807, 2.05) is 50.2 Å². The Kier molecular flexibility index (Phi) is 7.47. The van der Waals surface area contributed by atoms with E-state index in [2.05, 4.69) is 11.4 Å². The molecule has 6 nitrogen and oxygen atoms in total. The van der Waals surface area contributed by atoms with Crippen LogP contribution in [0, 0.1) is 36.5 Å². The molecule has 0 saturated carbocycles. The average molecular weight is 437 g/mol. The van der Waals surface area contributed by atoms with Crippen molar-refractivity contribution in [2.24, 2.45) is 0 Å². The molecule has 0 radical (unpaired) electrons. The van der Waals surface area contributed by atoms with Crippen LogP contribution in [0.3, 0.4) is 0 Å². The maximum Gasteiger partial charge on any atom is 0.266 e. The number of methoxy groups -OCH3 is 1. The van der Waals surface area contributed by atoms with E-state index in [0.717, 1.165) is 16.7 Å². The molecule has 0 unspecified atom stereocenters. The summed E-state index contributed by atoms with van der Waals surface area (Å²) in [5, 5.41) is 21.6. The summed E-state index contributed by atoms with van der Waals surface area (Å²) >= 11 is 0. The maximum absolute atomic E-state index is 12.7. The highest BCUT2D eigenvalue weighted by Crippen LogP contribution is 2.30. The molecule has 0 saturated heterocycles. The molecule has 0 aliphatic rings. The number of ether oxygens (including phenoxy) is 2. The largest absolute Gasteiger partial charge is 0.493 e. The van der Waals surface area contributed by atoms with Crippen molar-refractivity contribution in [2.45, 2.75) is 20.5 Å². The number of hydrogen-bond acceptors (Lipinski definition) is 5. The molecule has 3 rings (SSSR count). The molecule has 0 aliphatic carbocycles. The van der Waals surface area contributed by atoms with Crippen LogP contribution in [-0.2, 0) is 11.4 Å². The number of carbonyl (C=O) groups excluding carboxylic acids is 1. The highest BCUT2D eigenvalue weighted by atomic mass is 16.5. The molecule has 1 amide bonds. The van der Waals surface area contributed by atoms with E-state index < -0.39 is 5.91 Å². The Hall–Kier alpha value is -4.55. The zero-order chi connectivity index (χ0) is 23.8. The number of rotatable bonds is 7. The fourth-order valence-corrected chi connectivity index (χ4v) is 3.18. The maximum atomic E-state index is 12.7. The third kappa shape index (κ3) is 5.78. The number of amides is 1. The number of nitrogens with zero attached hydrogens (tertiary/aromatic N) is 2. The van der Waals surface area contributed by atoms with Gasteiger partial charge in [0.15, 0.2) is 11.5 Å². The van der Waals surface area contributed by atoms with Crippen molar-refractivity contribution in [3.05, 3.63) is 94.1 Å². The van der Waals surface area contributed by atoms with Gasteiger partial charge in [-0.1, -0.05) is 36.4 Å². The normalized spacial score (nSPS) is 10.6. The highest BCUT2D eigenvalue weighted by molar-refractivity contribution is 6.10. The monoisotopic (exact) mass is 437 g/mol. The minimum Gasteiger partial charge on any atom is -0.493 e. The number of nitriles is 2. The molecule has 1 N–H and O–H groups in total. The van der Waals surface area contributed by atoms with Crippen molar-refractivity contribution in [3.63, 3.8) is 0 Å². The minimum absolute atomic E-state index is 0.0328. The molecule has 3 aromatic rings. The Morgan fingerprint density at radius 2 is 1.82 bits per heavy atom. The molecule has 0 aromatic heterocycles. The SMILES string of the molecule is COc1cc(/C=C(\C#N)C(=O)Nc2cc(C)ccc2C)ccc1OCc1ccccc1C#N. The van der Waals surface area contributed by atoms with E-state index >= 15 is 0 Å². The second-order valence-corrected chi connectivity index (χ2v) is 7.41. The number of nitrogens with one attached hydrogen (secondary N) is 1. The van der Waals surface area contributed by atoms with E-state index in [9.17, 15) is 15.3 Å². The van der Waals surface area contributed by atoms with E-state index in [0.29, 0.717) is 28.3 Å². The Balaban J connectivity index is 1.79. The molecular formula is C27H23N3O3. The van der Waals surface area contributed by atoms with Gasteiger partial charge in [0.1, 0.15) is 18.2 Å². The first-order valence-electron chi connectivity index (χ1n) is 10.2. The summed E-state index contributed by atoms with van der Waals surface area (Å²) < 4.78 is 11.3. The number of carbonyl (C=O) groups is 1. The van der Waals surface area contributed by atoms with Crippen LogP contribution in [0.15, 0.2) is 66.2 Å². The van der Waals surface area contributed by atoms with Gasteiger partial charge in [0.2, 0.25) is 0 Å². The van der Waals surface area contributed by atoms with Crippen molar-refractivity contribution < 1.29 is 14.3 Å². The van der Waals surface area contributed by atoms with Gasteiger partial charge in [-0.15, -0.1) is 0 Å². The van der Waals surface area contributed by atoms with Gasteiger partial charge >= 0.3 is 0 Å². The van der Waals surface area contributed by atoms with Gasteiger partial charge < -0.3 is 14.8 Å². The Bertz CT molecular complexity index is 1300. The second kappa shape index (κ2) is 10.7. The van der Waals surface area contributed by atoms with Crippen LogP contribution in [0.2, 0.25) is 0 Å². The van der Waals surface area contributed by atoms with Crippen molar-refractivity contribution >= 4 is 17.7 Å². The van der Waals surface area contributed by atoms with Gasteiger partial charge in [-0.2, -0.15) is 10.5 Å². The predicted octanol–water partition coefficient (Wildman–Crippen LogP) is 5.31. The van der Waals surface area contributed by atoms with E-state index in [4.69, 9.17) is 9.47 Å². The van der Waals surface area contributed by atoms with Crippen molar-refractivity contribution in [1.82, 2.24) is 0 Å². The standard InChI is InChI=1S/C27H23N3O3/c1-18-8-9-19(2)24(12-18)30-27(31)23(16-29)13-20-10-11-25(26(14-20)32-3)33-17-22-7-5-4-6-21(22)15-28/h4-14H,17H2,1-3H3,(H,30,31)/b23-13+. The first-order chi connectivity index (χ1) is 15.9. The smallest absolute Gasteiger partial charge is 0.266 e. The number of anilines is 1. The summed E-state index contributed by atoms with van der Waals surface area (Å²) in [4.78, 5) is 12.7. The Morgan fingerprint density at radius 3 is 2.55 bits per heavy atom. The van der Waals surface area contributed by atoms with Crippen LogP contribution in [0.1, 0.15) is 27.8 Å². The molecule has 164 valence electrons. The Morgan fingerprint density at radius 1 is 1.03 bits per heavy atom. The van der Waals surface area contributed by atoms with Gasteiger partial charge in [0.25, 0.3) is 5.91 Å². The molecule has 0 atom stereocenters. The zero-order valence-corrected chi connectivity index (χ0v) is 18.7. The fraction of sp³-hybridized carbons (Fsp3) is 0.148. The van der Waals surface area contributed by atoms with Crippen LogP contribution in [0.4, 0.5) is 5.69 Å². The summed E-state index contributed by atoms with van der Waals surface area (Å²) in [6, 6.07) is 22.2. The first kappa shape index (κ1) is 23.1. The van der Waals surface area contributed by atoms with Crippen molar-refractivity contribution in [2.75, 3.05) is 12.4 Å². The van der Waals surface area contributed by atoms with Gasteiger partial charge in [-0.25, -0.2) is 0 Å². The van der Waals surface area contributed by atoms with E-state index in [1.165, 1.54) is 13.2 Å². The fourth-order valence-electron chi connectivity index (χ4n) is 3.18. The first-order valence-corrected chi connectivity index (χ1v) is 10.2. The summed E-state index contributed by atoms with van der Waals surface area (Å²) in [6.45, 7) is 4.03. The van der Waals surface area contributed by atoms with Crippen LogP contribution >= 0.6 is 0 Å². The zero-order valence-electron chi connectivity index (χ0n) is 18.7. The van der Waals surface area contributed by atoms with Crippen LogP contribution in [0.5, 0.6) is 11.5 Å². The summed E-state index contributed by atoms with van der Waals surface area (Å²) in [7, 11) is 1.51. The molecule has 0 fully saturated rings. The average Bonchev–Trinajstić information content (AvgIpc) is 2.83. The topological polar surface area (TPSA) is 95.1 Å². The van der Waals surface area contributed by atoms with E-state index in [1.54, 1.807) is 30.3 Å². The summed E-state index contributed by atoms with van der Waals surface area (Å²) in [5.74, 6) is 0.449. The van der Waals surface area contributed by atoms with Crippen molar-refractivity contribution in [1.29, 1.82) is 10.5 Å². The van der Waals surface area contributed by atoms with E-state index in [-0.39, 0.29) is 12.2 Å². The van der Waals surface area contributed by atoms with Crippen LogP contribution in [-0.4, -0.2) is 13.0 Å². The molecular weight excluding hydrogens is 414 g/mol. The summed E-state index contributed by atoms with van der Waals surface area (Å²) in [5.41, 5.74) is 4.48. The minimum atomic E-state index is -0.487. The molecule has 6 heteroatoms. The predicted molar refractivity (Wildman–Crippen MR) is 127 cm³/mol. The lowest BCUT2D eigenvalue weighted by Crippen LogP contribution is -2.14. The lowest BCUT2D eigenvalue weighted by molar-refractivity contribution is -0.112. The lowest BCUT2D eigenvalue weighted by Gasteiger charge is -2.12. The van der Waals surface area contributed by atoms with Gasteiger partial charge in [0.05, 0.1) is 18.7 Å². The lowest BCUT2D eigenvalue weighted by atomic mass is 10.1. The number of aryl methyl sites for hydroxylation is 2. The third-order valence-electron chi connectivity index (χ3n) is 5.03. The number of benzene rings is 3. The molecule has 0 heterocycles.